The third-order valence-corrected chi connectivity index (χ3v) is 5.31. The Morgan fingerprint density at radius 1 is 1.16 bits per heavy atom. The highest BCUT2D eigenvalue weighted by Gasteiger charge is 2.15. The molecule has 0 aromatic heterocycles. The molecule has 172 valence electrons. The van der Waals surface area contributed by atoms with Gasteiger partial charge in [-0.2, -0.15) is 5.10 Å². The fourth-order valence-electron chi connectivity index (χ4n) is 2.47. The van der Waals surface area contributed by atoms with Crippen molar-refractivity contribution in [1.29, 1.82) is 0 Å². The fraction of sp³-hybridized carbons (Fsp3) is 0.318. The summed E-state index contributed by atoms with van der Waals surface area (Å²) in [6, 6.07) is 8.67. The van der Waals surface area contributed by atoms with E-state index in [1.165, 1.54) is 6.21 Å². The van der Waals surface area contributed by atoms with Crippen molar-refractivity contribution in [1.82, 2.24) is 10.7 Å². The van der Waals surface area contributed by atoms with Crippen molar-refractivity contribution in [2.45, 2.75) is 27.4 Å². The summed E-state index contributed by atoms with van der Waals surface area (Å²) in [6.45, 7) is 6.66. The zero-order chi connectivity index (χ0) is 23.7. The van der Waals surface area contributed by atoms with Crippen LogP contribution in [0.25, 0.3) is 0 Å². The van der Waals surface area contributed by atoms with E-state index in [-0.39, 0.29) is 12.5 Å². The molecule has 0 aliphatic carbocycles. The highest BCUT2D eigenvalue weighted by molar-refractivity contribution is 9.10. The Labute approximate surface area is 205 Å². The summed E-state index contributed by atoms with van der Waals surface area (Å²) in [5, 5.41) is 7.37. The number of carbonyl (C=O) groups excluding carboxylic acids is 2. The Morgan fingerprint density at radius 2 is 1.84 bits per heavy atom. The molecule has 2 aromatic carbocycles. The second-order valence-corrected chi connectivity index (χ2v) is 8.72. The number of hydrogen-bond acceptors (Lipinski definition) is 5. The highest BCUT2D eigenvalue weighted by Crippen LogP contribution is 2.38. The lowest BCUT2D eigenvalue weighted by Gasteiger charge is -2.15. The van der Waals surface area contributed by atoms with Crippen molar-refractivity contribution in [2.24, 2.45) is 11.0 Å². The number of benzene rings is 2. The van der Waals surface area contributed by atoms with E-state index in [1.54, 1.807) is 30.3 Å². The molecule has 0 saturated heterocycles. The van der Waals surface area contributed by atoms with Gasteiger partial charge in [-0.1, -0.05) is 43.1 Å². The lowest BCUT2D eigenvalue weighted by molar-refractivity contribution is -0.139. The number of hydrazone groups is 1. The molecule has 0 fully saturated rings. The van der Waals surface area contributed by atoms with Crippen molar-refractivity contribution < 1.29 is 19.1 Å². The van der Waals surface area contributed by atoms with Crippen LogP contribution in [0.4, 0.5) is 0 Å². The van der Waals surface area contributed by atoms with Crippen LogP contribution in [0.5, 0.6) is 11.5 Å². The molecule has 2 N–H and O–H groups in total. The van der Waals surface area contributed by atoms with Gasteiger partial charge in [-0.25, -0.2) is 5.43 Å². The van der Waals surface area contributed by atoms with E-state index >= 15 is 0 Å². The van der Waals surface area contributed by atoms with E-state index < -0.39 is 11.8 Å². The van der Waals surface area contributed by atoms with Gasteiger partial charge in [-0.15, -0.1) is 0 Å². The second kappa shape index (κ2) is 12.7. The first-order chi connectivity index (χ1) is 15.2. The van der Waals surface area contributed by atoms with Gasteiger partial charge in [0.05, 0.1) is 17.3 Å². The molecule has 0 spiro atoms. The quantitative estimate of drug-likeness (QED) is 0.265. The standard InChI is InChI=1S/C22H24BrCl2N3O4/c1-4-31-19-9-14(11-27-28-22(30)21(29)26-10-13(2)3)8-16(23)20(19)32-12-15-17(24)6-5-7-18(15)25/h5-9,11,13H,4,10,12H2,1-3H3,(H,26,29)(H,28,30)/b27-11-. The summed E-state index contributed by atoms with van der Waals surface area (Å²) in [5.74, 6) is -0.416. The summed E-state index contributed by atoms with van der Waals surface area (Å²) in [4.78, 5) is 23.5. The third kappa shape index (κ3) is 7.69. The van der Waals surface area contributed by atoms with E-state index in [0.717, 1.165) is 0 Å². The number of ether oxygens (including phenoxy) is 2. The molecule has 0 aliphatic rings. The van der Waals surface area contributed by atoms with E-state index in [2.05, 4.69) is 31.8 Å². The van der Waals surface area contributed by atoms with E-state index in [4.69, 9.17) is 32.7 Å². The Balaban J connectivity index is 2.12. The molecular formula is C22H24BrCl2N3O4. The summed E-state index contributed by atoms with van der Waals surface area (Å²) in [7, 11) is 0. The van der Waals surface area contributed by atoms with Crippen LogP contribution in [0.3, 0.4) is 0 Å². The molecule has 2 rings (SSSR count). The molecule has 0 saturated carbocycles. The SMILES string of the molecule is CCOc1cc(/C=N\NC(=O)C(=O)NCC(C)C)cc(Br)c1OCc1c(Cl)cccc1Cl. The number of halogens is 3. The minimum absolute atomic E-state index is 0.145. The van der Waals surface area contributed by atoms with Crippen molar-refractivity contribution in [3.8, 4) is 11.5 Å². The van der Waals surface area contributed by atoms with Crippen LogP contribution in [0.2, 0.25) is 10.0 Å². The summed E-state index contributed by atoms with van der Waals surface area (Å²) in [5.41, 5.74) is 3.48. The van der Waals surface area contributed by atoms with E-state index in [9.17, 15) is 9.59 Å². The molecule has 7 nitrogen and oxygen atoms in total. The summed E-state index contributed by atoms with van der Waals surface area (Å²) >= 11 is 15.9. The largest absolute Gasteiger partial charge is 0.490 e. The Morgan fingerprint density at radius 3 is 2.47 bits per heavy atom. The minimum Gasteiger partial charge on any atom is -0.490 e. The van der Waals surface area contributed by atoms with Gasteiger partial charge in [0.15, 0.2) is 11.5 Å². The average molecular weight is 545 g/mol. The lowest BCUT2D eigenvalue weighted by atomic mass is 10.2. The minimum atomic E-state index is -0.845. The van der Waals surface area contributed by atoms with Crippen LogP contribution in [-0.2, 0) is 16.2 Å². The Kier molecular flexibility index (Phi) is 10.3. The van der Waals surface area contributed by atoms with Crippen LogP contribution >= 0.6 is 39.1 Å². The molecule has 2 amide bonds. The number of amides is 2. The van der Waals surface area contributed by atoms with Crippen molar-refractivity contribution in [3.05, 3.63) is 56.0 Å². The maximum Gasteiger partial charge on any atom is 0.329 e. The van der Waals surface area contributed by atoms with Gasteiger partial charge < -0.3 is 14.8 Å². The number of rotatable bonds is 9. The first-order valence-corrected chi connectivity index (χ1v) is 11.4. The molecule has 2 aromatic rings. The van der Waals surface area contributed by atoms with Crippen molar-refractivity contribution in [3.63, 3.8) is 0 Å². The van der Waals surface area contributed by atoms with Gasteiger partial charge in [0, 0.05) is 22.2 Å². The number of hydrogen-bond donors (Lipinski definition) is 2. The van der Waals surface area contributed by atoms with Gasteiger partial charge in [0.2, 0.25) is 0 Å². The number of nitrogens with one attached hydrogen (secondary N) is 2. The van der Waals surface area contributed by atoms with Crippen molar-refractivity contribution >= 4 is 57.2 Å². The van der Waals surface area contributed by atoms with E-state index in [0.29, 0.717) is 50.3 Å². The van der Waals surface area contributed by atoms with Crippen molar-refractivity contribution in [2.75, 3.05) is 13.2 Å². The first kappa shape index (κ1) is 26.0. The summed E-state index contributed by atoms with van der Waals surface area (Å²) < 4.78 is 12.2. The predicted molar refractivity (Wildman–Crippen MR) is 130 cm³/mol. The summed E-state index contributed by atoms with van der Waals surface area (Å²) in [6.07, 6.45) is 1.40. The van der Waals surface area contributed by atoms with E-state index in [1.807, 2.05) is 20.8 Å². The van der Waals surface area contributed by atoms with Crippen LogP contribution in [0, 0.1) is 5.92 Å². The number of carbonyl (C=O) groups is 2. The van der Waals surface area contributed by atoms with Gasteiger partial charge in [0.1, 0.15) is 6.61 Å². The molecule has 0 aliphatic heterocycles. The smallest absolute Gasteiger partial charge is 0.329 e. The van der Waals surface area contributed by atoms with Gasteiger partial charge >= 0.3 is 11.8 Å². The maximum absolute atomic E-state index is 11.8. The zero-order valence-electron chi connectivity index (χ0n) is 17.9. The monoisotopic (exact) mass is 543 g/mol. The fourth-order valence-corrected chi connectivity index (χ4v) is 3.55. The lowest BCUT2D eigenvalue weighted by Crippen LogP contribution is -2.39. The van der Waals surface area contributed by atoms with Crippen LogP contribution < -0.4 is 20.2 Å². The van der Waals surface area contributed by atoms with Crippen LogP contribution in [0.1, 0.15) is 31.9 Å². The normalized spacial score (nSPS) is 11.0. The second-order valence-electron chi connectivity index (χ2n) is 7.05. The predicted octanol–water partition coefficient (Wildman–Crippen LogP) is 4.96. The third-order valence-electron chi connectivity index (χ3n) is 4.01. The Bertz CT molecular complexity index is 979. The molecule has 0 unspecified atom stereocenters. The molecular weight excluding hydrogens is 521 g/mol. The maximum atomic E-state index is 11.8. The van der Waals surface area contributed by atoms with Gasteiger partial charge in [0.25, 0.3) is 0 Å². The molecule has 10 heteroatoms. The van der Waals surface area contributed by atoms with Crippen LogP contribution in [-0.4, -0.2) is 31.2 Å². The molecule has 0 radical (unpaired) electrons. The topological polar surface area (TPSA) is 89.0 Å². The highest BCUT2D eigenvalue weighted by atomic mass is 79.9. The molecule has 0 heterocycles. The number of nitrogens with zero attached hydrogens (tertiary/aromatic N) is 1. The van der Waals surface area contributed by atoms with Gasteiger partial charge in [-0.3, -0.25) is 9.59 Å². The Hall–Kier alpha value is -2.29. The van der Waals surface area contributed by atoms with Crippen LogP contribution in [0.15, 0.2) is 39.9 Å². The molecule has 32 heavy (non-hydrogen) atoms. The molecule has 0 bridgehead atoms. The average Bonchev–Trinajstić information content (AvgIpc) is 2.73. The zero-order valence-corrected chi connectivity index (χ0v) is 21.0. The molecule has 0 atom stereocenters. The van der Waals surface area contributed by atoms with Gasteiger partial charge in [-0.05, 0) is 58.6 Å². The first-order valence-electron chi connectivity index (χ1n) is 9.86.